The number of benzene rings is 1. The Bertz CT molecular complexity index is 656. The fourth-order valence-corrected chi connectivity index (χ4v) is 4.52. The highest BCUT2D eigenvalue weighted by Crippen LogP contribution is 2.35. The van der Waals surface area contributed by atoms with Gasteiger partial charge in [0.15, 0.2) is 4.90 Å². The van der Waals surface area contributed by atoms with E-state index < -0.39 is 14.9 Å². The number of nitro benzene ring substituents is 1. The second-order valence-electron chi connectivity index (χ2n) is 5.48. The van der Waals surface area contributed by atoms with Gasteiger partial charge in [0.05, 0.1) is 4.92 Å². The zero-order valence-corrected chi connectivity index (χ0v) is 14.2. The monoisotopic (exact) mass is 376 g/mol. The van der Waals surface area contributed by atoms with Crippen LogP contribution in [0.3, 0.4) is 0 Å². The molecule has 0 saturated heterocycles. The first kappa shape index (κ1) is 16.4. The van der Waals surface area contributed by atoms with Crippen LogP contribution in [0.15, 0.2) is 27.6 Å². The topological polar surface area (TPSA) is 80.5 Å². The van der Waals surface area contributed by atoms with Gasteiger partial charge in [0.2, 0.25) is 10.0 Å². The van der Waals surface area contributed by atoms with Crippen molar-refractivity contribution in [1.82, 2.24) is 4.31 Å². The van der Waals surface area contributed by atoms with E-state index in [0.29, 0.717) is 16.9 Å². The van der Waals surface area contributed by atoms with Crippen molar-refractivity contribution in [3.63, 3.8) is 0 Å². The molecule has 6 nitrogen and oxygen atoms in total. The summed E-state index contributed by atoms with van der Waals surface area (Å²) < 4.78 is 27.5. The maximum atomic E-state index is 12.8. The second-order valence-corrected chi connectivity index (χ2v) is 8.26. The molecule has 0 bridgehead atoms. The van der Waals surface area contributed by atoms with Crippen LogP contribution in [-0.4, -0.2) is 30.2 Å². The average Bonchev–Trinajstić information content (AvgIpc) is 3.18. The third kappa shape index (κ3) is 3.61. The molecule has 21 heavy (non-hydrogen) atoms. The van der Waals surface area contributed by atoms with Gasteiger partial charge < -0.3 is 0 Å². The van der Waals surface area contributed by atoms with E-state index in [1.165, 1.54) is 22.5 Å². The maximum Gasteiger partial charge on any atom is 0.289 e. The van der Waals surface area contributed by atoms with Crippen LogP contribution >= 0.6 is 15.9 Å². The van der Waals surface area contributed by atoms with Crippen molar-refractivity contribution >= 4 is 31.6 Å². The van der Waals surface area contributed by atoms with E-state index >= 15 is 0 Å². The number of sulfonamides is 1. The van der Waals surface area contributed by atoms with Crippen LogP contribution in [0, 0.1) is 16.0 Å². The maximum absolute atomic E-state index is 12.8. The van der Waals surface area contributed by atoms with E-state index in [-0.39, 0.29) is 16.6 Å². The largest absolute Gasteiger partial charge is 0.289 e. The molecule has 1 aromatic rings. The molecule has 116 valence electrons. The normalized spacial score (nSPS) is 15.7. The Morgan fingerprint density at radius 3 is 2.52 bits per heavy atom. The molecule has 0 atom stereocenters. The number of halogens is 1. The van der Waals surface area contributed by atoms with Crippen LogP contribution in [0.2, 0.25) is 0 Å². The second kappa shape index (κ2) is 6.02. The summed E-state index contributed by atoms with van der Waals surface area (Å²) in [5, 5.41) is 11.1. The predicted octanol–water partition coefficient (Wildman–Crippen LogP) is 3.17. The van der Waals surface area contributed by atoms with Gasteiger partial charge in [0.1, 0.15) is 0 Å². The molecule has 0 unspecified atom stereocenters. The smallest absolute Gasteiger partial charge is 0.258 e. The fourth-order valence-electron chi connectivity index (χ4n) is 2.11. The Hall–Kier alpha value is -0.990. The minimum Gasteiger partial charge on any atom is -0.258 e. The standard InChI is InChI=1S/C13H17BrN2O4S/c1-9(2)15(8-10-3-4-10)21(19,20)13-7-11(14)5-6-12(13)16(17)18/h5-7,9-10H,3-4,8H2,1-2H3. The summed E-state index contributed by atoms with van der Waals surface area (Å²) in [6, 6.07) is 3.74. The number of hydrogen-bond donors (Lipinski definition) is 0. The average molecular weight is 377 g/mol. The van der Waals surface area contributed by atoms with Gasteiger partial charge in [0.25, 0.3) is 5.69 Å². The first-order chi connectivity index (χ1) is 9.73. The molecule has 0 spiro atoms. The molecule has 1 aliphatic carbocycles. The van der Waals surface area contributed by atoms with Gasteiger partial charge in [-0.3, -0.25) is 10.1 Å². The first-order valence-electron chi connectivity index (χ1n) is 6.69. The van der Waals surface area contributed by atoms with E-state index in [9.17, 15) is 18.5 Å². The zero-order valence-electron chi connectivity index (χ0n) is 11.8. The lowest BCUT2D eigenvalue weighted by Crippen LogP contribution is -2.38. The van der Waals surface area contributed by atoms with Crippen LogP contribution < -0.4 is 0 Å². The van der Waals surface area contributed by atoms with Crippen molar-refractivity contribution in [3.05, 3.63) is 32.8 Å². The molecule has 0 radical (unpaired) electrons. The van der Waals surface area contributed by atoms with Gasteiger partial charge in [-0.25, -0.2) is 8.42 Å². The third-order valence-corrected chi connectivity index (χ3v) is 5.98. The van der Waals surface area contributed by atoms with Crippen molar-refractivity contribution in [3.8, 4) is 0 Å². The summed E-state index contributed by atoms with van der Waals surface area (Å²) in [5.41, 5.74) is -0.389. The molecule has 0 amide bonds. The summed E-state index contributed by atoms with van der Waals surface area (Å²) in [6.45, 7) is 3.98. The fraction of sp³-hybridized carbons (Fsp3) is 0.538. The Morgan fingerprint density at radius 1 is 1.43 bits per heavy atom. The van der Waals surface area contributed by atoms with E-state index in [4.69, 9.17) is 0 Å². The molecule has 0 N–H and O–H groups in total. The molecule has 2 rings (SSSR count). The van der Waals surface area contributed by atoms with Crippen molar-refractivity contribution in [1.29, 1.82) is 0 Å². The van der Waals surface area contributed by atoms with E-state index in [1.54, 1.807) is 13.8 Å². The van der Waals surface area contributed by atoms with Crippen LogP contribution in [0.4, 0.5) is 5.69 Å². The lowest BCUT2D eigenvalue weighted by Gasteiger charge is -2.25. The minimum atomic E-state index is -3.89. The Balaban J connectivity index is 2.50. The molecule has 0 heterocycles. The lowest BCUT2D eigenvalue weighted by molar-refractivity contribution is -0.387. The van der Waals surface area contributed by atoms with Gasteiger partial charge in [-0.15, -0.1) is 0 Å². The van der Waals surface area contributed by atoms with Gasteiger partial charge in [-0.05, 0) is 44.7 Å². The molecule has 1 fully saturated rings. The SMILES string of the molecule is CC(C)N(CC1CC1)S(=O)(=O)c1cc(Br)ccc1[N+](=O)[O-]. The lowest BCUT2D eigenvalue weighted by atomic mass is 10.3. The van der Waals surface area contributed by atoms with Crippen molar-refractivity contribution < 1.29 is 13.3 Å². The number of rotatable bonds is 6. The Kier molecular flexibility index (Phi) is 4.69. The molecular weight excluding hydrogens is 360 g/mol. The van der Waals surface area contributed by atoms with Crippen molar-refractivity contribution in [2.24, 2.45) is 5.92 Å². The summed E-state index contributed by atoms with van der Waals surface area (Å²) in [6.07, 6.45) is 2.03. The summed E-state index contributed by atoms with van der Waals surface area (Å²) in [5.74, 6) is 0.369. The molecule has 0 aliphatic heterocycles. The van der Waals surface area contributed by atoms with E-state index in [2.05, 4.69) is 15.9 Å². The number of nitro groups is 1. The summed E-state index contributed by atoms with van der Waals surface area (Å²) in [7, 11) is -3.89. The summed E-state index contributed by atoms with van der Waals surface area (Å²) in [4.78, 5) is 10.2. The predicted molar refractivity (Wildman–Crippen MR) is 82.5 cm³/mol. The Morgan fingerprint density at radius 2 is 2.05 bits per heavy atom. The third-order valence-electron chi connectivity index (χ3n) is 3.42. The van der Waals surface area contributed by atoms with E-state index in [0.717, 1.165) is 12.8 Å². The van der Waals surface area contributed by atoms with Gasteiger partial charge in [-0.1, -0.05) is 15.9 Å². The van der Waals surface area contributed by atoms with Gasteiger partial charge >= 0.3 is 0 Å². The molecule has 8 heteroatoms. The van der Waals surface area contributed by atoms with Crippen molar-refractivity contribution in [2.45, 2.75) is 37.6 Å². The molecule has 1 saturated carbocycles. The highest BCUT2D eigenvalue weighted by Gasteiger charge is 2.37. The van der Waals surface area contributed by atoms with Gasteiger partial charge in [-0.2, -0.15) is 4.31 Å². The highest BCUT2D eigenvalue weighted by molar-refractivity contribution is 9.10. The molecule has 0 aromatic heterocycles. The highest BCUT2D eigenvalue weighted by atomic mass is 79.9. The number of nitrogens with zero attached hydrogens (tertiary/aromatic N) is 2. The molecule has 1 aromatic carbocycles. The Labute approximate surface area is 132 Å². The molecular formula is C13H17BrN2O4S. The van der Waals surface area contributed by atoms with Crippen LogP contribution in [0.1, 0.15) is 26.7 Å². The first-order valence-corrected chi connectivity index (χ1v) is 8.92. The van der Waals surface area contributed by atoms with Crippen LogP contribution in [0.5, 0.6) is 0 Å². The quantitative estimate of drug-likeness (QED) is 0.563. The van der Waals surface area contributed by atoms with Crippen LogP contribution in [0.25, 0.3) is 0 Å². The van der Waals surface area contributed by atoms with E-state index in [1.807, 2.05) is 0 Å². The van der Waals surface area contributed by atoms with Crippen molar-refractivity contribution in [2.75, 3.05) is 6.54 Å². The van der Waals surface area contributed by atoms with Crippen LogP contribution in [-0.2, 0) is 10.0 Å². The molecule has 1 aliphatic rings. The summed E-state index contributed by atoms with van der Waals surface area (Å²) >= 11 is 3.18. The minimum absolute atomic E-state index is 0.241. The zero-order chi connectivity index (χ0) is 15.8. The van der Waals surface area contributed by atoms with Gasteiger partial charge in [0, 0.05) is 23.1 Å². The number of hydrogen-bond acceptors (Lipinski definition) is 4.